The van der Waals surface area contributed by atoms with Crippen molar-refractivity contribution in [2.45, 2.75) is 51.0 Å². The second kappa shape index (κ2) is 6.54. The SMILES string of the molecule is CCCOc1ccnc(NC2(C(=O)O)CCCCC2)n1. The van der Waals surface area contributed by atoms with Crippen LogP contribution >= 0.6 is 0 Å². The van der Waals surface area contributed by atoms with E-state index in [1.165, 1.54) is 0 Å². The molecule has 0 atom stereocenters. The van der Waals surface area contributed by atoms with Gasteiger partial charge in [-0.05, 0) is 19.3 Å². The van der Waals surface area contributed by atoms with E-state index in [-0.39, 0.29) is 0 Å². The Bertz CT molecular complexity index is 459. The van der Waals surface area contributed by atoms with E-state index in [1.807, 2.05) is 6.92 Å². The summed E-state index contributed by atoms with van der Waals surface area (Å²) in [7, 11) is 0. The Hall–Kier alpha value is -1.85. The first-order chi connectivity index (χ1) is 9.66. The van der Waals surface area contributed by atoms with Gasteiger partial charge in [-0.2, -0.15) is 4.98 Å². The number of rotatable bonds is 6. The molecule has 2 N–H and O–H groups in total. The van der Waals surface area contributed by atoms with Crippen molar-refractivity contribution in [3.8, 4) is 5.88 Å². The molecule has 110 valence electrons. The van der Waals surface area contributed by atoms with E-state index in [0.717, 1.165) is 25.7 Å². The average Bonchev–Trinajstić information content (AvgIpc) is 2.46. The maximum absolute atomic E-state index is 11.6. The van der Waals surface area contributed by atoms with Gasteiger partial charge in [0.1, 0.15) is 5.54 Å². The number of carboxylic acids is 1. The van der Waals surface area contributed by atoms with Gasteiger partial charge in [-0.25, -0.2) is 9.78 Å². The highest BCUT2D eigenvalue weighted by molar-refractivity contribution is 5.82. The molecule has 6 heteroatoms. The van der Waals surface area contributed by atoms with Crippen LogP contribution in [0.3, 0.4) is 0 Å². The van der Waals surface area contributed by atoms with Crippen LogP contribution in [0.4, 0.5) is 5.95 Å². The Morgan fingerprint density at radius 2 is 2.20 bits per heavy atom. The van der Waals surface area contributed by atoms with E-state index >= 15 is 0 Å². The summed E-state index contributed by atoms with van der Waals surface area (Å²) in [5, 5.41) is 12.5. The average molecular weight is 279 g/mol. The number of nitrogens with one attached hydrogen (secondary N) is 1. The lowest BCUT2D eigenvalue weighted by atomic mass is 9.82. The predicted octanol–water partition coefficient (Wildman–Crippen LogP) is 2.46. The first-order valence-corrected chi connectivity index (χ1v) is 7.14. The Labute approximate surface area is 118 Å². The quantitative estimate of drug-likeness (QED) is 0.832. The molecule has 0 spiro atoms. The summed E-state index contributed by atoms with van der Waals surface area (Å²) >= 11 is 0. The number of ether oxygens (including phenoxy) is 1. The van der Waals surface area contributed by atoms with Crippen molar-refractivity contribution in [3.63, 3.8) is 0 Å². The molecule has 1 fully saturated rings. The van der Waals surface area contributed by atoms with Crippen LogP contribution in [-0.2, 0) is 4.79 Å². The first-order valence-electron chi connectivity index (χ1n) is 7.14. The number of nitrogens with zero attached hydrogens (tertiary/aromatic N) is 2. The molecule has 0 bridgehead atoms. The lowest BCUT2D eigenvalue weighted by Crippen LogP contribution is -2.48. The maximum Gasteiger partial charge on any atom is 0.329 e. The van der Waals surface area contributed by atoms with Gasteiger partial charge in [-0.15, -0.1) is 0 Å². The molecular weight excluding hydrogens is 258 g/mol. The predicted molar refractivity (Wildman–Crippen MR) is 74.9 cm³/mol. The van der Waals surface area contributed by atoms with E-state index < -0.39 is 11.5 Å². The first kappa shape index (κ1) is 14.6. The van der Waals surface area contributed by atoms with Gasteiger partial charge in [0.25, 0.3) is 0 Å². The second-order valence-electron chi connectivity index (χ2n) is 5.14. The third kappa shape index (κ3) is 3.37. The zero-order valence-corrected chi connectivity index (χ0v) is 11.8. The Kier molecular flexibility index (Phi) is 4.76. The van der Waals surface area contributed by atoms with Crippen molar-refractivity contribution < 1.29 is 14.6 Å². The molecule has 1 aromatic rings. The van der Waals surface area contributed by atoms with Crippen LogP contribution in [0.2, 0.25) is 0 Å². The molecule has 0 aliphatic heterocycles. The van der Waals surface area contributed by atoms with Gasteiger partial charge in [0.2, 0.25) is 11.8 Å². The third-order valence-electron chi connectivity index (χ3n) is 3.55. The molecule has 0 aromatic carbocycles. The zero-order valence-electron chi connectivity index (χ0n) is 11.8. The largest absolute Gasteiger partial charge is 0.480 e. The van der Waals surface area contributed by atoms with E-state index in [1.54, 1.807) is 12.3 Å². The minimum atomic E-state index is -0.943. The van der Waals surface area contributed by atoms with E-state index in [2.05, 4.69) is 15.3 Å². The van der Waals surface area contributed by atoms with Crippen molar-refractivity contribution in [2.75, 3.05) is 11.9 Å². The summed E-state index contributed by atoms with van der Waals surface area (Å²) in [4.78, 5) is 19.9. The van der Waals surface area contributed by atoms with E-state index in [0.29, 0.717) is 31.3 Å². The molecule has 1 aromatic heterocycles. The Morgan fingerprint density at radius 1 is 1.45 bits per heavy atom. The molecule has 0 amide bonds. The Morgan fingerprint density at radius 3 is 2.85 bits per heavy atom. The number of anilines is 1. The normalized spacial score (nSPS) is 17.4. The van der Waals surface area contributed by atoms with Gasteiger partial charge in [0.05, 0.1) is 6.61 Å². The molecule has 0 saturated heterocycles. The van der Waals surface area contributed by atoms with Gasteiger partial charge >= 0.3 is 5.97 Å². The number of carbonyl (C=O) groups is 1. The van der Waals surface area contributed by atoms with Gasteiger partial charge in [0, 0.05) is 12.3 Å². The third-order valence-corrected chi connectivity index (χ3v) is 3.55. The highest BCUT2D eigenvalue weighted by atomic mass is 16.5. The minimum Gasteiger partial charge on any atom is -0.480 e. The molecule has 1 saturated carbocycles. The number of aliphatic carboxylic acids is 1. The highest BCUT2D eigenvalue weighted by Crippen LogP contribution is 2.31. The smallest absolute Gasteiger partial charge is 0.329 e. The molecule has 20 heavy (non-hydrogen) atoms. The summed E-state index contributed by atoms with van der Waals surface area (Å²) in [6.07, 6.45) is 6.58. The molecule has 2 rings (SSSR count). The molecule has 1 aliphatic carbocycles. The number of hydrogen-bond donors (Lipinski definition) is 2. The van der Waals surface area contributed by atoms with Crippen LogP contribution in [0.25, 0.3) is 0 Å². The summed E-state index contributed by atoms with van der Waals surface area (Å²) in [6, 6.07) is 1.68. The Balaban J connectivity index is 2.12. The van der Waals surface area contributed by atoms with Crippen LogP contribution in [0.5, 0.6) is 5.88 Å². The van der Waals surface area contributed by atoms with E-state index in [9.17, 15) is 9.90 Å². The van der Waals surface area contributed by atoms with Crippen molar-refractivity contribution in [2.24, 2.45) is 0 Å². The van der Waals surface area contributed by atoms with Crippen molar-refractivity contribution in [3.05, 3.63) is 12.3 Å². The lowest BCUT2D eigenvalue weighted by molar-refractivity contribution is -0.143. The van der Waals surface area contributed by atoms with Gasteiger partial charge in [0.15, 0.2) is 0 Å². The topological polar surface area (TPSA) is 84.3 Å². The fraction of sp³-hybridized carbons (Fsp3) is 0.643. The fourth-order valence-electron chi connectivity index (χ4n) is 2.45. The van der Waals surface area contributed by atoms with Crippen molar-refractivity contribution in [1.82, 2.24) is 9.97 Å². The van der Waals surface area contributed by atoms with Gasteiger partial charge in [-0.3, -0.25) is 0 Å². The van der Waals surface area contributed by atoms with Crippen LogP contribution in [0.1, 0.15) is 45.4 Å². The highest BCUT2D eigenvalue weighted by Gasteiger charge is 2.40. The summed E-state index contributed by atoms with van der Waals surface area (Å²) in [6.45, 7) is 2.60. The number of carboxylic acid groups (broad SMARTS) is 1. The van der Waals surface area contributed by atoms with Gasteiger partial charge in [-0.1, -0.05) is 26.2 Å². The lowest BCUT2D eigenvalue weighted by Gasteiger charge is -2.33. The van der Waals surface area contributed by atoms with Crippen molar-refractivity contribution in [1.29, 1.82) is 0 Å². The van der Waals surface area contributed by atoms with Crippen LogP contribution in [0.15, 0.2) is 12.3 Å². The monoisotopic (exact) mass is 279 g/mol. The second-order valence-corrected chi connectivity index (χ2v) is 5.14. The number of aromatic nitrogens is 2. The summed E-state index contributed by atoms with van der Waals surface area (Å²) in [5.74, 6) is -0.0377. The van der Waals surface area contributed by atoms with Crippen LogP contribution < -0.4 is 10.1 Å². The maximum atomic E-state index is 11.6. The van der Waals surface area contributed by atoms with Gasteiger partial charge < -0.3 is 15.2 Å². The summed E-state index contributed by atoms with van der Waals surface area (Å²) in [5.41, 5.74) is -0.943. The standard InChI is InChI=1S/C14H21N3O3/c1-2-10-20-11-6-9-15-13(16-11)17-14(12(18)19)7-4-3-5-8-14/h6,9H,2-5,7-8,10H2,1H3,(H,18,19)(H,15,16,17). The molecule has 1 heterocycles. The summed E-state index contributed by atoms with van der Waals surface area (Å²) < 4.78 is 5.44. The number of hydrogen-bond acceptors (Lipinski definition) is 5. The van der Waals surface area contributed by atoms with Crippen LogP contribution in [-0.4, -0.2) is 33.2 Å². The van der Waals surface area contributed by atoms with E-state index in [4.69, 9.17) is 4.74 Å². The zero-order chi connectivity index (χ0) is 14.4. The molecule has 6 nitrogen and oxygen atoms in total. The molecule has 0 radical (unpaired) electrons. The van der Waals surface area contributed by atoms with Crippen LogP contribution in [0, 0.1) is 0 Å². The molecule has 1 aliphatic rings. The molecular formula is C14H21N3O3. The fourth-order valence-corrected chi connectivity index (χ4v) is 2.45. The van der Waals surface area contributed by atoms with Crippen molar-refractivity contribution >= 4 is 11.9 Å². The minimum absolute atomic E-state index is 0.322. The molecule has 0 unspecified atom stereocenters.